The van der Waals surface area contributed by atoms with Crippen molar-refractivity contribution < 1.29 is 9.59 Å². The molecular formula is C9H10N2O2S. The largest absolute Gasteiger partial charge is 0.326 e. The average molecular weight is 210 g/mol. The number of carbonyl (C=O) groups excluding carboxylic acids is 2. The summed E-state index contributed by atoms with van der Waals surface area (Å²) < 4.78 is 0. The van der Waals surface area contributed by atoms with Gasteiger partial charge in [-0.05, 0) is 24.3 Å². The standard InChI is InChI=1S/C9H10N2O2S/c1-6(12)10-7-2-4-8(5-3-7)11-9(13)14/h2-5H,1H3,(H,10,12)(H2,11,13,14). The van der Waals surface area contributed by atoms with Crippen LogP contribution in [0.1, 0.15) is 6.92 Å². The Bertz CT molecular complexity index is 313. The number of hydrogen-bond donors (Lipinski definition) is 3. The van der Waals surface area contributed by atoms with E-state index < -0.39 is 5.24 Å². The Kier molecular flexibility index (Phi) is 3.53. The third-order valence-electron chi connectivity index (χ3n) is 1.46. The quantitative estimate of drug-likeness (QED) is 0.655. The van der Waals surface area contributed by atoms with Crippen molar-refractivity contribution in [3.05, 3.63) is 24.3 Å². The summed E-state index contributed by atoms with van der Waals surface area (Å²) in [6.07, 6.45) is 0. The Morgan fingerprint density at radius 3 is 1.86 bits per heavy atom. The van der Waals surface area contributed by atoms with Gasteiger partial charge in [0.25, 0.3) is 5.24 Å². The number of benzene rings is 1. The van der Waals surface area contributed by atoms with Gasteiger partial charge in [-0.2, -0.15) is 0 Å². The molecule has 0 aromatic heterocycles. The zero-order valence-corrected chi connectivity index (χ0v) is 8.47. The highest BCUT2D eigenvalue weighted by molar-refractivity contribution is 7.96. The Morgan fingerprint density at radius 1 is 1.07 bits per heavy atom. The maximum atomic E-state index is 10.7. The van der Waals surface area contributed by atoms with Crippen molar-refractivity contribution in [1.82, 2.24) is 0 Å². The van der Waals surface area contributed by atoms with Gasteiger partial charge < -0.3 is 10.6 Å². The van der Waals surface area contributed by atoms with Crippen LogP contribution in [0, 0.1) is 0 Å². The first-order chi connectivity index (χ1) is 6.58. The lowest BCUT2D eigenvalue weighted by molar-refractivity contribution is -0.114. The molecule has 2 N–H and O–H groups in total. The molecule has 0 atom stereocenters. The molecule has 0 saturated heterocycles. The molecule has 0 unspecified atom stereocenters. The predicted molar refractivity (Wildman–Crippen MR) is 58.8 cm³/mol. The molecule has 14 heavy (non-hydrogen) atoms. The molecule has 0 radical (unpaired) electrons. The second-order valence-electron chi connectivity index (χ2n) is 2.69. The Hall–Kier alpha value is -1.49. The van der Waals surface area contributed by atoms with E-state index in [0.717, 1.165) is 0 Å². The normalized spacial score (nSPS) is 9.29. The number of rotatable bonds is 2. The second-order valence-corrected chi connectivity index (χ2v) is 3.09. The molecule has 0 aliphatic carbocycles. The maximum absolute atomic E-state index is 10.7. The second kappa shape index (κ2) is 4.66. The summed E-state index contributed by atoms with van der Waals surface area (Å²) in [5.74, 6) is -0.129. The first-order valence-electron chi connectivity index (χ1n) is 3.95. The fourth-order valence-corrected chi connectivity index (χ4v) is 1.09. The van der Waals surface area contributed by atoms with Crippen LogP contribution >= 0.6 is 12.6 Å². The number of carbonyl (C=O) groups is 2. The molecule has 74 valence electrons. The molecule has 0 fully saturated rings. The van der Waals surface area contributed by atoms with Gasteiger partial charge >= 0.3 is 0 Å². The number of hydrogen-bond acceptors (Lipinski definition) is 2. The summed E-state index contributed by atoms with van der Waals surface area (Å²) in [7, 11) is 0. The zero-order chi connectivity index (χ0) is 10.6. The molecule has 1 rings (SSSR count). The fourth-order valence-electron chi connectivity index (χ4n) is 0.964. The summed E-state index contributed by atoms with van der Waals surface area (Å²) >= 11 is 3.57. The first-order valence-corrected chi connectivity index (χ1v) is 4.40. The first kappa shape index (κ1) is 10.6. The van der Waals surface area contributed by atoms with E-state index >= 15 is 0 Å². The van der Waals surface area contributed by atoms with Crippen molar-refractivity contribution in [2.24, 2.45) is 0 Å². The van der Waals surface area contributed by atoms with E-state index in [-0.39, 0.29) is 5.91 Å². The van der Waals surface area contributed by atoms with Gasteiger partial charge in [0.2, 0.25) is 5.91 Å². The van der Waals surface area contributed by atoms with Crippen LogP contribution in [0.3, 0.4) is 0 Å². The fraction of sp³-hybridized carbons (Fsp3) is 0.111. The van der Waals surface area contributed by atoms with Gasteiger partial charge in [-0.25, -0.2) is 0 Å². The van der Waals surface area contributed by atoms with Crippen LogP contribution < -0.4 is 10.6 Å². The van der Waals surface area contributed by atoms with E-state index in [1.807, 2.05) is 0 Å². The third-order valence-corrected chi connectivity index (χ3v) is 1.57. The summed E-state index contributed by atoms with van der Waals surface area (Å²) in [4.78, 5) is 21.2. The molecule has 0 aliphatic heterocycles. The highest BCUT2D eigenvalue weighted by Gasteiger charge is 1.97. The maximum Gasteiger partial charge on any atom is 0.280 e. The smallest absolute Gasteiger partial charge is 0.280 e. The van der Waals surface area contributed by atoms with E-state index in [2.05, 4.69) is 23.3 Å². The Morgan fingerprint density at radius 2 is 1.50 bits per heavy atom. The van der Waals surface area contributed by atoms with Gasteiger partial charge in [0.15, 0.2) is 0 Å². The van der Waals surface area contributed by atoms with Crippen molar-refractivity contribution >= 4 is 35.1 Å². The van der Waals surface area contributed by atoms with Crippen molar-refractivity contribution in [2.45, 2.75) is 6.92 Å². The van der Waals surface area contributed by atoms with Crippen molar-refractivity contribution in [3.8, 4) is 0 Å². The molecule has 0 heterocycles. The summed E-state index contributed by atoms with van der Waals surface area (Å²) in [6, 6.07) is 6.75. The molecule has 4 nitrogen and oxygen atoms in total. The molecule has 5 heteroatoms. The van der Waals surface area contributed by atoms with Crippen LogP contribution in [0.15, 0.2) is 24.3 Å². The van der Waals surface area contributed by atoms with Crippen molar-refractivity contribution in [2.75, 3.05) is 10.6 Å². The molecule has 1 aromatic carbocycles. The van der Waals surface area contributed by atoms with E-state index in [0.29, 0.717) is 11.4 Å². The monoisotopic (exact) mass is 210 g/mol. The Labute approximate surface area is 87.1 Å². The zero-order valence-electron chi connectivity index (χ0n) is 7.57. The van der Waals surface area contributed by atoms with E-state index in [1.54, 1.807) is 24.3 Å². The topological polar surface area (TPSA) is 58.2 Å². The third kappa shape index (κ3) is 3.49. The minimum absolute atomic E-state index is 0.129. The number of amides is 2. The highest BCUT2D eigenvalue weighted by atomic mass is 32.1. The number of thiol groups is 1. The van der Waals surface area contributed by atoms with Gasteiger partial charge in [-0.3, -0.25) is 9.59 Å². The van der Waals surface area contributed by atoms with Crippen LogP contribution in [-0.2, 0) is 4.79 Å². The lowest BCUT2D eigenvalue weighted by Crippen LogP contribution is -2.06. The molecular weight excluding hydrogens is 200 g/mol. The molecule has 0 spiro atoms. The molecule has 0 aliphatic rings. The summed E-state index contributed by atoms with van der Waals surface area (Å²) in [5, 5.41) is 4.69. The van der Waals surface area contributed by atoms with Crippen LogP contribution in [0.2, 0.25) is 0 Å². The van der Waals surface area contributed by atoms with Gasteiger partial charge in [-0.15, -0.1) is 0 Å². The average Bonchev–Trinajstić information content (AvgIpc) is 2.06. The number of nitrogens with one attached hydrogen (secondary N) is 2. The summed E-state index contributed by atoms with van der Waals surface area (Å²) in [6.45, 7) is 1.43. The molecule has 2 amide bonds. The van der Waals surface area contributed by atoms with Crippen molar-refractivity contribution in [3.63, 3.8) is 0 Å². The van der Waals surface area contributed by atoms with Crippen LogP contribution in [-0.4, -0.2) is 11.1 Å². The predicted octanol–water partition coefficient (Wildman–Crippen LogP) is 2.11. The SMILES string of the molecule is CC(=O)Nc1ccc(NC(=O)S)cc1. The minimum atomic E-state index is -0.419. The molecule has 0 saturated carbocycles. The van der Waals surface area contributed by atoms with E-state index in [4.69, 9.17) is 0 Å². The van der Waals surface area contributed by atoms with E-state index in [1.165, 1.54) is 6.92 Å². The van der Waals surface area contributed by atoms with Gasteiger partial charge in [0.1, 0.15) is 0 Å². The van der Waals surface area contributed by atoms with Gasteiger partial charge in [0, 0.05) is 18.3 Å². The van der Waals surface area contributed by atoms with E-state index in [9.17, 15) is 9.59 Å². The lowest BCUT2D eigenvalue weighted by atomic mass is 10.3. The summed E-state index contributed by atoms with van der Waals surface area (Å²) in [5.41, 5.74) is 1.33. The van der Waals surface area contributed by atoms with Crippen LogP contribution in [0.25, 0.3) is 0 Å². The van der Waals surface area contributed by atoms with Crippen molar-refractivity contribution in [1.29, 1.82) is 0 Å². The lowest BCUT2D eigenvalue weighted by Gasteiger charge is -2.04. The molecule has 1 aromatic rings. The van der Waals surface area contributed by atoms with Crippen LogP contribution in [0.5, 0.6) is 0 Å². The number of anilines is 2. The molecule has 0 bridgehead atoms. The Balaban J connectivity index is 2.68. The van der Waals surface area contributed by atoms with Gasteiger partial charge in [-0.1, -0.05) is 12.6 Å². The van der Waals surface area contributed by atoms with Gasteiger partial charge in [0.05, 0.1) is 0 Å². The van der Waals surface area contributed by atoms with Crippen LogP contribution in [0.4, 0.5) is 16.2 Å². The highest BCUT2D eigenvalue weighted by Crippen LogP contribution is 2.13. The minimum Gasteiger partial charge on any atom is -0.326 e.